The van der Waals surface area contributed by atoms with E-state index < -0.39 is 5.91 Å². The number of para-hydroxylation sites is 1. The van der Waals surface area contributed by atoms with Crippen LogP contribution in [0, 0.1) is 11.3 Å². The van der Waals surface area contributed by atoms with Gasteiger partial charge < -0.3 is 10.2 Å². The van der Waals surface area contributed by atoms with Crippen LogP contribution in [0.15, 0.2) is 66.4 Å². The highest BCUT2D eigenvalue weighted by Gasteiger charge is 2.11. The number of carbonyl (C=O) groups excluding carboxylic acids is 1. The molecule has 0 aliphatic rings. The van der Waals surface area contributed by atoms with Gasteiger partial charge in [-0.05, 0) is 30.3 Å². The molecule has 0 atom stereocenters. The van der Waals surface area contributed by atoms with Crippen LogP contribution in [-0.4, -0.2) is 13.0 Å². The Morgan fingerprint density at radius 1 is 1.23 bits per heavy atom. The molecule has 0 fully saturated rings. The van der Waals surface area contributed by atoms with Crippen LogP contribution in [0.4, 0.5) is 11.4 Å². The van der Waals surface area contributed by atoms with Gasteiger partial charge in [-0.25, -0.2) is 0 Å². The average molecular weight is 312 g/mol. The molecule has 1 amide bonds. The molecule has 2 aromatic carbocycles. The topological polar surface area (TPSA) is 56.1 Å². The van der Waals surface area contributed by atoms with Crippen molar-refractivity contribution < 1.29 is 4.79 Å². The lowest BCUT2D eigenvalue weighted by molar-refractivity contribution is -0.112. The molecular formula is C17H14ClN3O. The van der Waals surface area contributed by atoms with Gasteiger partial charge in [0.1, 0.15) is 11.6 Å². The Labute approximate surface area is 134 Å². The predicted molar refractivity (Wildman–Crippen MR) is 88.6 cm³/mol. The average Bonchev–Trinajstić information content (AvgIpc) is 2.53. The summed E-state index contributed by atoms with van der Waals surface area (Å²) in [6, 6.07) is 18.1. The third-order valence-electron chi connectivity index (χ3n) is 2.93. The highest BCUT2D eigenvalue weighted by molar-refractivity contribution is 6.31. The lowest BCUT2D eigenvalue weighted by Crippen LogP contribution is -2.17. The Kier molecular flexibility index (Phi) is 5.18. The van der Waals surface area contributed by atoms with Crippen molar-refractivity contribution >= 4 is 28.9 Å². The summed E-state index contributed by atoms with van der Waals surface area (Å²) in [6.45, 7) is 0. The van der Waals surface area contributed by atoms with E-state index in [4.69, 9.17) is 11.6 Å². The molecule has 2 aromatic rings. The van der Waals surface area contributed by atoms with Crippen molar-refractivity contribution in [3.63, 3.8) is 0 Å². The fourth-order valence-corrected chi connectivity index (χ4v) is 2.02. The maximum absolute atomic E-state index is 12.2. The third-order valence-corrected chi connectivity index (χ3v) is 3.17. The van der Waals surface area contributed by atoms with E-state index in [-0.39, 0.29) is 5.57 Å². The van der Waals surface area contributed by atoms with E-state index >= 15 is 0 Å². The SMILES string of the molecule is CN(/C=C(/C#N)C(=O)Nc1cccc(Cl)c1)c1ccccc1. The Bertz CT molecular complexity index is 735. The first-order valence-corrected chi connectivity index (χ1v) is 6.94. The van der Waals surface area contributed by atoms with Crippen LogP contribution in [-0.2, 0) is 4.79 Å². The van der Waals surface area contributed by atoms with Crippen LogP contribution in [0.1, 0.15) is 0 Å². The fourth-order valence-electron chi connectivity index (χ4n) is 1.83. The van der Waals surface area contributed by atoms with Gasteiger partial charge in [0.2, 0.25) is 0 Å². The smallest absolute Gasteiger partial charge is 0.267 e. The third kappa shape index (κ3) is 4.11. The molecule has 0 heterocycles. The Morgan fingerprint density at radius 3 is 2.59 bits per heavy atom. The first kappa shape index (κ1) is 15.6. The molecular weight excluding hydrogens is 298 g/mol. The maximum atomic E-state index is 12.2. The van der Waals surface area contributed by atoms with Crippen molar-refractivity contribution in [2.24, 2.45) is 0 Å². The molecule has 0 spiro atoms. The number of nitriles is 1. The van der Waals surface area contributed by atoms with Crippen LogP contribution >= 0.6 is 11.6 Å². The molecule has 0 bridgehead atoms. The van der Waals surface area contributed by atoms with Crippen molar-refractivity contribution in [3.05, 3.63) is 71.4 Å². The van der Waals surface area contributed by atoms with Gasteiger partial charge in [-0.3, -0.25) is 4.79 Å². The summed E-state index contributed by atoms with van der Waals surface area (Å²) in [5.41, 5.74) is 1.43. The van der Waals surface area contributed by atoms with Crippen LogP contribution in [0.2, 0.25) is 5.02 Å². The van der Waals surface area contributed by atoms with E-state index in [0.717, 1.165) is 5.69 Å². The van der Waals surface area contributed by atoms with Crippen molar-refractivity contribution in [2.75, 3.05) is 17.3 Å². The molecule has 0 radical (unpaired) electrons. The van der Waals surface area contributed by atoms with Gasteiger partial charge in [-0.1, -0.05) is 35.9 Å². The molecule has 1 N–H and O–H groups in total. The van der Waals surface area contributed by atoms with Gasteiger partial charge in [-0.15, -0.1) is 0 Å². The molecule has 0 saturated heterocycles. The molecule has 0 unspecified atom stereocenters. The van der Waals surface area contributed by atoms with Crippen LogP contribution in [0.5, 0.6) is 0 Å². The van der Waals surface area contributed by atoms with Crippen molar-refractivity contribution in [1.29, 1.82) is 5.26 Å². The number of halogens is 1. The van der Waals surface area contributed by atoms with Crippen LogP contribution in [0.3, 0.4) is 0 Å². The largest absolute Gasteiger partial charge is 0.350 e. The van der Waals surface area contributed by atoms with Crippen molar-refractivity contribution in [2.45, 2.75) is 0 Å². The van der Waals surface area contributed by atoms with Gasteiger partial charge in [0.25, 0.3) is 5.91 Å². The highest BCUT2D eigenvalue weighted by Crippen LogP contribution is 2.16. The summed E-state index contributed by atoms with van der Waals surface area (Å²) >= 11 is 5.87. The summed E-state index contributed by atoms with van der Waals surface area (Å²) in [5, 5.41) is 12.4. The molecule has 0 aliphatic carbocycles. The fraction of sp³-hybridized carbons (Fsp3) is 0.0588. The van der Waals surface area contributed by atoms with E-state index in [1.54, 1.807) is 36.2 Å². The molecule has 0 aromatic heterocycles. The van der Waals surface area contributed by atoms with Gasteiger partial charge in [0.15, 0.2) is 0 Å². The molecule has 2 rings (SSSR count). The predicted octanol–water partition coefficient (Wildman–Crippen LogP) is 3.82. The van der Waals surface area contributed by atoms with E-state index in [0.29, 0.717) is 10.7 Å². The molecule has 4 nitrogen and oxygen atoms in total. The van der Waals surface area contributed by atoms with E-state index in [9.17, 15) is 10.1 Å². The molecule has 0 saturated carbocycles. The first-order valence-electron chi connectivity index (χ1n) is 6.57. The number of anilines is 2. The standard InChI is InChI=1S/C17H14ClN3O/c1-21(16-8-3-2-4-9-16)12-13(11-19)17(22)20-15-7-5-6-14(18)10-15/h2-10,12H,1H3,(H,20,22)/b13-12-. The Morgan fingerprint density at radius 2 is 1.95 bits per heavy atom. The second kappa shape index (κ2) is 7.30. The van der Waals surface area contributed by atoms with Gasteiger partial charge in [0.05, 0.1) is 0 Å². The number of rotatable bonds is 4. The Hall–Kier alpha value is -2.77. The molecule has 5 heteroatoms. The zero-order valence-electron chi connectivity index (χ0n) is 12.0. The van der Waals surface area contributed by atoms with E-state index in [1.165, 1.54) is 6.20 Å². The van der Waals surface area contributed by atoms with Crippen molar-refractivity contribution in [3.8, 4) is 6.07 Å². The number of amides is 1. The Balaban J connectivity index is 2.15. The van der Waals surface area contributed by atoms with Crippen LogP contribution in [0.25, 0.3) is 0 Å². The molecule has 0 aliphatic heterocycles. The highest BCUT2D eigenvalue weighted by atomic mass is 35.5. The zero-order valence-corrected chi connectivity index (χ0v) is 12.7. The summed E-state index contributed by atoms with van der Waals surface area (Å²) in [4.78, 5) is 13.9. The lowest BCUT2D eigenvalue weighted by Gasteiger charge is -2.14. The molecule has 22 heavy (non-hydrogen) atoms. The normalized spacial score (nSPS) is 10.7. The quantitative estimate of drug-likeness (QED) is 0.690. The van der Waals surface area contributed by atoms with E-state index in [2.05, 4.69) is 5.32 Å². The van der Waals surface area contributed by atoms with Gasteiger partial charge >= 0.3 is 0 Å². The summed E-state index contributed by atoms with van der Waals surface area (Å²) in [7, 11) is 1.78. The summed E-state index contributed by atoms with van der Waals surface area (Å²) in [5.74, 6) is -0.479. The number of nitrogens with one attached hydrogen (secondary N) is 1. The van der Waals surface area contributed by atoms with Gasteiger partial charge in [-0.2, -0.15) is 5.26 Å². The van der Waals surface area contributed by atoms with E-state index in [1.807, 2.05) is 36.4 Å². The number of carbonyl (C=O) groups is 1. The minimum absolute atomic E-state index is 0.00586. The minimum Gasteiger partial charge on any atom is -0.350 e. The van der Waals surface area contributed by atoms with Crippen molar-refractivity contribution in [1.82, 2.24) is 0 Å². The minimum atomic E-state index is -0.479. The maximum Gasteiger partial charge on any atom is 0.267 e. The number of hydrogen-bond donors (Lipinski definition) is 1. The number of hydrogen-bond acceptors (Lipinski definition) is 3. The summed E-state index contributed by atoms with van der Waals surface area (Å²) in [6.07, 6.45) is 1.50. The summed E-state index contributed by atoms with van der Waals surface area (Å²) < 4.78 is 0. The number of nitrogens with zero attached hydrogens (tertiary/aromatic N) is 2. The number of benzene rings is 2. The molecule has 110 valence electrons. The second-order valence-corrected chi connectivity index (χ2v) is 5.00. The first-order chi connectivity index (χ1) is 10.6. The lowest BCUT2D eigenvalue weighted by atomic mass is 10.2. The zero-order chi connectivity index (χ0) is 15.9. The second-order valence-electron chi connectivity index (χ2n) is 4.57. The van der Waals surface area contributed by atoms with Crippen LogP contribution < -0.4 is 10.2 Å². The van der Waals surface area contributed by atoms with Gasteiger partial charge in [0, 0.05) is 29.6 Å². The monoisotopic (exact) mass is 311 g/mol.